The molecule has 4 amide bonds. The lowest BCUT2D eigenvalue weighted by Gasteiger charge is -2.23. The molecule has 0 radical (unpaired) electrons. The number of carbonyl (C=O) groups is 5. The number of unbranched alkanes of at least 4 members (excludes halogenated alkanes) is 1. The highest BCUT2D eigenvalue weighted by Gasteiger charge is 2.30. The van der Waals surface area contributed by atoms with Gasteiger partial charge in [0.1, 0.15) is 18.1 Å². The van der Waals surface area contributed by atoms with E-state index in [0.717, 1.165) is 13.0 Å². The topological polar surface area (TPSA) is 206 Å². The minimum absolute atomic E-state index is 0.211. The predicted octanol–water partition coefficient (Wildman–Crippen LogP) is -2.70. The van der Waals surface area contributed by atoms with Crippen LogP contribution in [0.1, 0.15) is 45.4 Å². The molecular weight excluding hydrogens is 396 g/mol. The van der Waals surface area contributed by atoms with Gasteiger partial charge in [-0.1, -0.05) is 0 Å². The standard InChI is InChI=1S/C18H32N6O6/c1-10(22-16(27)11-6-4-8-21-11)15(26)23-12(5-2-3-7-19)17(28)24-13(18(29)30)9-14(20)25/h10-13,21H,2-9,19H2,1H3,(H2,20,25)(H,22,27)(H,23,26)(H,24,28)(H,29,30). The molecule has 0 spiro atoms. The monoisotopic (exact) mass is 428 g/mol. The Morgan fingerprint density at radius 1 is 1.07 bits per heavy atom. The lowest BCUT2D eigenvalue weighted by atomic mass is 10.1. The molecule has 4 atom stereocenters. The molecule has 0 bridgehead atoms. The van der Waals surface area contributed by atoms with Crippen molar-refractivity contribution < 1.29 is 29.1 Å². The molecule has 1 saturated heterocycles. The Morgan fingerprint density at radius 3 is 2.27 bits per heavy atom. The number of primary amides is 1. The summed E-state index contributed by atoms with van der Waals surface area (Å²) < 4.78 is 0. The van der Waals surface area contributed by atoms with Gasteiger partial charge in [0, 0.05) is 0 Å². The maximum Gasteiger partial charge on any atom is 0.326 e. The molecule has 0 aliphatic carbocycles. The van der Waals surface area contributed by atoms with Crippen LogP contribution < -0.4 is 32.7 Å². The molecule has 30 heavy (non-hydrogen) atoms. The third kappa shape index (κ3) is 8.74. The van der Waals surface area contributed by atoms with Crippen LogP contribution in [0, 0.1) is 0 Å². The van der Waals surface area contributed by atoms with Crippen molar-refractivity contribution in [2.75, 3.05) is 13.1 Å². The van der Waals surface area contributed by atoms with Gasteiger partial charge in [-0.15, -0.1) is 0 Å². The van der Waals surface area contributed by atoms with Crippen molar-refractivity contribution in [1.82, 2.24) is 21.3 Å². The average molecular weight is 428 g/mol. The molecule has 0 saturated carbocycles. The zero-order valence-corrected chi connectivity index (χ0v) is 17.1. The molecule has 9 N–H and O–H groups in total. The molecular formula is C18H32N6O6. The fourth-order valence-corrected chi connectivity index (χ4v) is 3.02. The van der Waals surface area contributed by atoms with E-state index in [2.05, 4.69) is 21.3 Å². The zero-order valence-electron chi connectivity index (χ0n) is 17.1. The van der Waals surface area contributed by atoms with Crippen molar-refractivity contribution in [3.63, 3.8) is 0 Å². The summed E-state index contributed by atoms with van der Waals surface area (Å²) in [5.74, 6) is -3.95. The fourth-order valence-electron chi connectivity index (χ4n) is 3.02. The average Bonchev–Trinajstić information content (AvgIpc) is 3.21. The van der Waals surface area contributed by atoms with Crippen molar-refractivity contribution in [2.24, 2.45) is 11.5 Å². The molecule has 4 unspecified atom stereocenters. The molecule has 0 aromatic heterocycles. The summed E-state index contributed by atoms with van der Waals surface area (Å²) in [4.78, 5) is 59.5. The van der Waals surface area contributed by atoms with Crippen LogP contribution in [0.4, 0.5) is 0 Å². The van der Waals surface area contributed by atoms with Crippen LogP contribution in [0.3, 0.4) is 0 Å². The van der Waals surface area contributed by atoms with Gasteiger partial charge in [0.15, 0.2) is 0 Å². The fraction of sp³-hybridized carbons (Fsp3) is 0.722. The van der Waals surface area contributed by atoms with Gasteiger partial charge < -0.3 is 37.8 Å². The summed E-state index contributed by atoms with van der Waals surface area (Å²) in [6, 6.07) is -3.81. The Kier molecular flexibility index (Phi) is 10.8. The highest BCUT2D eigenvalue weighted by atomic mass is 16.4. The number of nitrogens with one attached hydrogen (secondary N) is 4. The minimum atomic E-state index is -1.51. The van der Waals surface area contributed by atoms with E-state index in [-0.39, 0.29) is 18.4 Å². The van der Waals surface area contributed by atoms with E-state index in [1.807, 2.05) is 0 Å². The second-order valence-electron chi connectivity index (χ2n) is 7.29. The van der Waals surface area contributed by atoms with Gasteiger partial charge >= 0.3 is 5.97 Å². The third-order valence-electron chi connectivity index (χ3n) is 4.73. The van der Waals surface area contributed by atoms with Gasteiger partial charge in [-0.25, -0.2) is 4.79 Å². The van der Waals surface area contributed by atoms with Crippen molar-refractivity contribution in [2.45, 2.75) is 69.6 Å². The van der Waals surface area contributed by atoms with Crippen LogP contribution in [-0.4, -0.2) is 72.0 Å². The first-order chi connectivity index (χ1) is 14.1. The second kappa shape index (κ2) is 12.8. The Labute approximate surface area is 174 Å². The highest BCUT2D eigenvalue weighted by Crippen LogP contribution is 2.06. The molecule has 0 aromatic carbocycles. The Morgan fingerprint density at radius 2 is 1.73 bits per heavy atom. The molecule has 1 aliphatic rings. The zero-order chi connectivity index (χ0) is 22.7. The molecule has 12 heteroatoms. The molecule has 1 rings (SSSR count). The van der Waals surface area contributed by atoms with Gasteiger partial charge in [0.25, 0.3) is 0 Å². The highest BCUT2D eigenvalue weighted by molar-refractivity contribution is 5.94. The van der Waals surface area contributed by atoms with Crippen LogP contribution in [0.25, 0.3) is 0 Å². The molecule has 1 heterocycles. The van der Waals surface area contributed by atoms with Gasteiger partial charge in [-0.3, -0.25) is 19.2 Å². The quantitative estimate of drug-likeness (QED) is 0.153. The number of nitrogens with two attached hydrogens (primary N) is 2. The molecule has 1 aliphatic heterocycles. The molecule has 12 nitrogen and oxygen atoms in total. The van der Waals surface area contributed by atoms with Gasteiger partial charge in [-0.2, -0.15) is 0 Å². The van der Waals surface area contributed by atoms with E-state index in [1.165, 1.54) is 6.92 Å². The lowest BCUT2D eigenvalue weighted by Crippen LogP contribution is -2.56. The number of carboxylic acid groups (broad SMARTS) is 1. The predicted molar refractivity (Wildman–Crippen MR) is 107 cm³/mol. The van der Waals surface area contributed by atoms with E-state index in [9.17, 15) is 24.0 Å². The summed E-state index contributed by atoms with van der Waals surface area (Å²) in [5.41, 5.74) is 10.5. The Hall–Kier alpha value is -2.73. The van der Waals surface area contributed by atoms with Crippen molar-refractivity contribution >= 4 is 29.6 Å². The smallest absolute Gasteiger partial charge is 0.326 e. The number of carboxylic acids is 1. The van der Waals surface area contributed by atoms with E-state index in [4.69, 9.17) is 16.6 Å². The normalized spacial score (nSPS) is 18.7. The van der Waals surface area contributed by atoms with Crippen molar-refractivity contribution in [1.29, 1.82) is 0 Å². The summed E-state index contributed by atoms with van der Waals surface area (Å²) in [6.07, 6.45) is 2.30. The summed E-state index contributed by atoms with van der Waals surface area (Å²) in [6.45, 7) is 2.62. The van der Waals surface area contributed by atoms with E-state index >= 15 is 0 Å². The summed E-state index contributed by atoms with van der Waals surface area (Å²) in [7, 11) is 0. The first kappa shape index (κ1) is 25.3. The van der Waals surface area contributed by atoms with Crippen LogP contribution in [0.15, 0.2) is 0 Å². The van der Waals surface area contributed by atoms with E-state index in [1.54, 1.807) is 0 Å². The van der Waals surface area contributed by atoms with E-state index < -0.39 is 48.2 Å². The first-order valence-corrected chi connectivity index (χ1v) is 10.0. The van der Waals surface area contributed by atoms with Crippen LogP contribution in [-0.2, 0) is 24.0 Å². The molecule has 170 valence electrons. The summed E-state index contributed by atoms with van der Waals surface area (Å²) >= 11 is 0. The van der Waals surface area contributed by atoms with Crippen molar-refractivity contribution in [3.05, 3.63) is 0 Å². The molecule has 1 fully saturated rings. The first-order valence-electron chi connectivity index (χ1n) is 10.0. The van der Waals surface area contributed by atoms with E-state index in [0.29, 0.717) is 25.8 Å². The van der Waals surface area contributed by atoms with Crippen LogP contribution >= 0.6 is 0 Å². The second-order valence-corrected chi connectivity index (χ2v) is 7.29. The van der Waals surface area contributed by atoms with Crippen LogP contribution in [0.2, 0.25) is 0 Å². The number of hydrogen-bond donors (Lipinski definition) is 7. The van der Waals surface area contributed by atoms with Gasteiger partial charge in [-0.05, 0) is 52.1 Å². The SMILES string of the molecule is CC(NC(=O)C1CCCN1)C(=O)NC(CCCCN)C(=O)NC(CC(N)=O)C(=O)O. The number of amides is 4. The Balaban J connectivity index is 2.73. The number of hydrogen-bond acceptors (Lipinski definition) is 7. The van der Waals surface area contributed by atoms with Gasteiger partial charge in [0.2, 0.25) is 23.6 Å². The lowest BCUT2D eigenvalue weighted by molar-refractivity contribution is -0.143. The summed E-state index contributed by atoms with van der Waals surface area (Å²) in [5, 5.41) is 19.5. The number of carbonyl (C=O) groups excluding carboxylic acids is 4. The van der Waals surface area contributed by atoms with Crippen LogP contribution in [0.5, 0.6) is 0 Å². The largest absolute Gasteiger partial charge is 0.480 e. The number of rotatable bonds is 13. The Bertz CT molecular complexity index is 637. The number of aliphatic carboxylic acids is 1. The maximum absolute atomic E-state index is 12.6. The maximum atomic E-state index is 12.6. The minimum Gasteiger partial charge on any atom is -0.480 e. The third-order valence-corrected chi connectivity index (χ3v) is 4.73. The van der Waals surface area contributed by atoms with Gasteiger partial charge in [0.05, 0.1) is 12.5 Å². The molecule has 0 aromatic rings. The van der Waals surface area contributed by atoms with Crippen molar-refractivity contribution in [3.8, 4) is 0 Å².